The fourth-order valence-corrected chi connectivity index (χ4v) is 2.00. The normalized spacial score (nSPS) is 11.5. The van der Waals surface area contributed by atoms with E-state index in [1.54, 1.807) is 36.4 Å². The van der Waals surface area contributed by atoms with Crippen LogP contribution in [0, 0.1) is 5.82 Å². The quantitative estimate of drug-likeness (QED) is 0.842. The van der Waals surface area contributed by atoms with Gasteiger partial charge in [0.15, 0.2) is 0 Å². The molecular formula is C17H19ClFNO. The fourth-order valence-electron chi connectivity index (χ4n) is 1.82. The molecule has 0 bridgehead atoms. The lowest BCUT2D eigenvalue weighted by Gasteiger charge is -2.22. The second kappa shape index (κ2) is 6.46. The Balaban J connectivity index is 2.25. The van der Waals surface area contributed by atoms with Gasteiger partial charge in [0.05, 0.1) is 0 Å². The Morgan fingerprint density at radius 3 is 2.52 bits per heavy atom. The first-order valence-corrected chi connectivity index (χ1v) is 7.19. The van der Waals surface area contributed by atoms with E-state index in [4.69, 9.17) is 16.3 Å². The first kappa shape index (κ1) is 15.8. The van der Waals surface area contributed by atoms with Gasteiger partial charge in [0.2, 0.25) is 0 Å². The zero-order valence-corrected chi connectivity index (χ0v) is 13.2. The minimum Gasteiger partial charge on any atom is -0.457 e. The van der Waals surface area contributed by atoms with Gasteiger partial charge in [-0.2, -0.15) is 0 Å². The van der Waals surface area contributed by atoms with Crippen molar-refractivity contribution in [2.75, 3.05) is 0 Å². The van der Waals surface area contributed by atoms with E-state index >= 15 is 0 Å². The predicted octanol–water partition coefficient (Wildman–Crippen LogP) is 5.16. The third kappa shape index (κ3) is 4.73. The summed E-state index contributed by atoms with van der Waals surface area (Å²) in [5.74, 6) is 0.797. The van der Waals surface area contributed by atoms with Crippen LogP contribution >= 0.6 is 11.6 Å². The van der Waals surface area contributed by atoms with Gasteiger partial charge in [0, 0.05) is 22.7 Å². The third-order valence-electron chi connectivity index (χ3n) is 2.90. The molecule has 0 amide bonds. The zero-order chi connectivity index (χ0) is 15.5. The maximum atomic E-state index is 14.1. The number of benzene rings is 2. The summed E-state index contributed by atoms with van der Waals surface area (Å²) in [6.07, 6.45) is 0. The topological polar surface area (TPSA) is 21.3 Å². The lowest BCUT2D eigenvalue weighted by molar-refractivity contribution is 0.406. The molecule has 0 heterocycles. The van der Waals surface area contributed by atoms with Gasteiger partial charge in [-0.25, -0.2) is 4.39 Å². The number of rotatable bonds is 4. The lowest BCUT2D eigenvalue weighted by Crippen LogP contribution is -2.35. The zero-order valence-electron chi connectivity index (χ0n) is 12.4. The van der Waals surface area contributed by atoms with Crippen molar-refractivity contribution in [1.29, 1.82) is 0 Å². The van der Waals surface area contributed by atoms with Crippen molar-refractivity contribution in [3.63, 3.8) is 0 Å². The van der Waals surface area contributed by atoms with Crippen LogP contribution in [0.1, 0.15) is 26.3 Å². The molecule has 0 unspecified atom stereocenters. The largest absolute Gasteiger partial charge is 0.457 e. The molecule has 1 N–H and O–H groups in total. The highest BCUT2D eigenvalue weighted by molar-refractivity contribution is 6.30. The van der Waals surface area contributed by atoms with Crippen LogP contribution in [0.25, 0.3) is 0 Å². The van der Waals surface area contributed by atoms with E-state index in [1.807, 2.05) is 20.8 Å². The van der Waals surface area contributed by atoms with Crippen LogP contribution in [0.5, 0.6) is 11.5 Å². The summed E-state index contributed by atoms with van der Waals surface area (Å²) in [5, 5.41) is 3.85. The molecule has 0 aliphatic heterocycles. The van der Waals surface area contributed by atoms with Gasteiger partial charge >= 0.3 is 0 Å². The second-order valence-corrected chi connectivity index (χ2v) is 6.32. The molecule has 21 heavy (non-hydrogen) atoms. The van der Waals surface area contributed by atoms with Gasteiger partial charge in [0.1, 0.15) is 17.3 Å². The Morgan fingerprint density at radius 1 is 1.14 bits per heavy atom. The summed E-state index contributed by atoms with van der Waals surface area (Å²) in [6.45, 7) is 6.49. The Labute approximate surface area is 129 Å². The molecule has 112 valence electrons. The number of nitrogens with one attached hydrogen (secondary N) is 1. The molecule has 0 aliphatic rings. The van der Waals surface area contributed by atoms with Crippen LogP contribution in [-0.2, 0) is 6.54 Å². The summed E-state index contributed by atoms with van der Waals surface area (Å²) in [4.78, 5) is 0. The number of hydrogen-bond donors (Lipinski definition) is 1. The Bertz CT molecular complexity index is 622. The van der Waals surface area contributed by atoms with E-state index in [2.05, 4.69) is 5.32 Å². The minimum absolute atomic E-state index is 0.102. The fraction of sp³-hybridized carbons (Fsp3) is 0.294. The van der Waals surface area contributed by atoms with E-state index in [-0.39, 0.29) is 11.4 Å². The molecule has 0 saturated heterocycles. The summed E-state index contributed by atoms with van der Waals surface area (Å²) >= 11 is 5.94. The molecule has 0 radical (unpaired) electrons. The first-order chi connectivity index (χ1) is 9.85. The molecule has 2 aromatic carbocycles. The molecule has 2 aromatic rings. The monoisotopic (exact) mass is 307 g/mol. The van der Waals surface area contributed by atoms with Crippen molar-refractivity contribution in [3.8, 4) is 11.5 Å². The van der Waals surface area contributed by atoms with Crippen molar-refractivity contribution in [2.24, 2.45) is 0 Å². The van der Waals surface area contributed by atoms with E-state index in [0.717, 1.165) is 0 Å². The first-order valence-electron chi connectivity index (χ1n) is 6.81. The molecule has 0 saturated carbocycles. The maximum absolute atomic E-state index is 14.1. The molecule has 0 aliphatic carbocycles. The molecule has 4 heteroatoms. The highest BCUT2D eigenvalue weighted by Gasteiger charge is 2.15. The van der Waals surface area contributed by atoms with E-state index < -0.39 is 0 Å². The molecule has 0 spiro atoms. The van der Waals surface area contributed by atoms with Crippen molar-refractivity contribution >= 4 is 11.6 Å². The molecule has 0 atom stereocenters. The SMILES string of the molecule is CC(C)(C)NCc1c(F)cccc1Oc1cccc(Cl)c1. The average molecular weight is 308 g/mol. The molecule has 2 rings (SSSR count). The van der Waals surface area contributed by atoms with Gasteiger partial charge in [-0.3, -0.25) is 0 Å². The van der Waals surface area contributed by atoms with Gasteiger partial charge in [-0.1, -0.05) is 23.7 Å². The minimum atomic E-state index is -0.286. The van der Waals surface area contributed by atoms with Gasteiger partial charge < -0.3 is 10.1 Å². The molecule has 2 nitrogen and oxygen atoms in total. The van der Waals surface area contributed by atoms with Gasteiger partial charge in [-0.05, 0) is 51.1 Å². The van der Waals surface area contributed by atoms with Crippen molar-refractivity contribution in [2.45, 2.75) is 32.9 Å². The van der Waals surface area contributed by atoms with Crippen LogP contribution in [-0.4, -0.2) is 5.54 Å². The maximum Gasteiger partial charge on any atom is 0.134 e. The Hall–Kier alpha value is -1.58. The van der Waals surface area contributed by atoms with Gasteiger partial charge in [0.25, 0.3) is 0 Å². The van der Waals surface area contributed by atoms with E-state index in [1.165, 1.54) is 6.07 Å². The van der Waals surface area contributed by atoms with Crippen LogP contribution < -0.4 is 10.1 Å². The Morgan fingerprint density at radius 2 is 1.86 bits per heavy atom. The summed E-state index contributed by atoms with van der Waals surface area (Å²) in [6, 6.07) is 11.9. The number of ether oxygens (including phenoxy) is 1. The van der Waals surface area contributed by atoms with Crippen molar-refractivity contribution < 1.29 is 9.13 Å². The average Bonchev–Trinajstić information content (AvgIpc) is 2.37. The van der Waals surface area contributed by atoms with Crippen molar-refractivity contribution in [3.05, 3.63) is 58.9 Å². The highest BCUT2D eigenvalue weighted by atomic mass is 35.5. The van der Waals surface area contributed by atoms with Crippen molar-refractivity contribution in [1.82, 2.24) is 5.32 Å². The second-order valence-electron chi connectivity index (χ2n) is 5.88. The van der Waals surface area contributed by atoms with Crippen LogP contribution in [0.3, 0.4) is 0 Å². The molecule has 0 aromatic heterocycles. The van der Waals surface area contributed by atoms with E-state index in [0.29, 0.717) is 28.6 Å². The van der Waals surface area contributed by atoms with Gasteiger partial charge in [-0.15, -0.1) is 0 Å². The van der Waals surface area contributed by atoms with Crippen LogP contribution in [0.4, 0.5) is 4.39 Å². The van der Waals surface area contributed by atoms with Crippen LogP contribution in [0.2, 0.25) is 5.02 Å². The standard InChI is InChI=1S/C17H19ClFNO/c1-17(2,3)20-11-14-15(19)8-5-9-16(14)21-13-7-4-6-12(18)10-13/h4-10,20H,11H2,1-3H3. The summed E-state index contributed by atoms with van der Waals surface area (Å²) in [7, 11) is 0. The Kier molecular flexibility index (Phi) is 4.86. The lowest BCUT2D eigenvalue weighted by atomic mass is 10.1. The molecular weight excluding hydrogens is 289 g/mol. The van der Waals surface area contributed by atoms with Crippen LogP contribution in [0.15, 0.2) is 42.5 Å². The predicted molar refractivity (Wildman–Crippen MR) is 84.5 cm³/mol. The summed E-state index contributed by atoms with van der Waals surface area (Å²) < 4.78 is 19.8. The smallest absolute Gasteiger partial charge is 0.134 e. The van der Waals surface area contributed by atoms with E-state index in [9.17, 15) is 4.39 Å². The third-order valence-corrected chi connectivity index (χ3v) is 3.13. The summed E-state index contributed by atoms with van der Waals surface area (Å²) in [5.41, 5.74) is 0.405. The highest BCUT2D eigenvalue weighted by Crippen LogP contribution is 2.29. The number of hydrogen-bond acceptors (Lipinski definition) is 2. The molecule has 0 fully saturated rings. The number of halogens is 2.